The van der Waals surface area contributed by atoms with Crippen molar-refractivity contribution in [2.24, 2.45) is 0 Å². The fourth-order valence-corrected chi connectivity index (χ4v) is 3.85. The lowest BCUT2D eigenvalue weighted by molar-refractivity contribution is -0.385. The van der Waals surface area contributed by atoms with Gasteiger partial charge in [-0.1, -0.05) is 72.0 Å². The van der Waals surface area contributed by atoms with Gasteiger partial charge in [-0.05, 0) is 22.3 Å². The number of pyridine rings is 1. The van der Waals surface area contributed by atoms with E-state index in [2.05, 4.69) is 46.4 Å². The van der Waals surface area contributed by atoms with Gasteiger partial charge in [-0.15, -0.1) is 0 Å². The molecule has 0 fully saturated rings. The number of aromatic nitrogens is 1. The number of alkyl carbamates (subject to hydrolysis) is 1. The van der Waals surface area contributed by atoms with E-state index in [4.69, 9.17) is 16.3 Å². The van der Waals surface area contributed by atoms with Crippen LogP contribution in [0.3, 0.4) is 0 Å². The molecular weight excluding hydrogens is 430 g/mol. The van der Waals surface area contributed by atoms with Crippen LogP contribution in [0.15, 0.2) is 60.8 Å². The number of rotatable bonds is 5. The summed E-state index contributed by atoms with van der Waals surface area (Å²) < 4.78 is 5.46. The Balaban J connectivity index is 1.29. The van der Waals surface area contributed by atoms with Gasteiger partial charge in [0.2, 0.25) is 5.15 Å². The molecule has 2 aromatic carbocycles. The lowest BCUT2D eigenvalue weighted by Gasteiger charge is -2.14. The topological polar surface area (TPSA) is 94.4 Å². The van der Waals surface area contributed by atoms with Crippen LogP contribution in [-0.4, -0.2) is 29.2 Å². The number of ether oxygens (including phenoxy) is 1. The zero-order valence-electron chi connectivity index (χ0n) is 16.9. The quantitative estimate of drug-likeness (QED) is 0.197. The second kappa shape index (κ2) is 9.50. The second-order valence-corrected chi connectivity index (χ2v) is 7.45. The summed E-state index contributed by atoms with van der Waals surface area (Å²) in [5.74, 6) is 5.61. The molecule has 3 aromatic rings. The Kier molecular flexibility index (Phi) is 6.34. The van der Waals surface area contributed by atoms with Crippen LogP contribution < -0.4 is 5.32 Å². The minimum atomic E-state index is -0.612. The van der Waals surface area contributed by atoms with E-state index in [-0.39, 0.29) is 29.9 Å². The summed E-state index contributed by atoms with van der Waals surface area (Å²) in [6, 6.07) is 17.5. The smallest absolute Gasteiger partial charge is 0.407 e. The van der Waals surface area contributed by atoms with Crippen molar-refractivity contribution < 1.29 is 14.5 Å². The van der Waals surface area contributed by atoms with Crippen molar-refractivity contribution in [2.45, 2.75) is 12.3 Å². The maximum atomic E-state index is 12.1. The number of carbonyl (C=O) groups is 1. The molecule has 1 amide bonds. The molecule has 1 heterocycles. The Hall–Kier alpha value is -3.89. The molecule has 4 rings (SSSR count). The zero-order valence-corrected chi connectivity index (χ0v) is 17.6. The standard InChI is InChI=1S/C24H18ClN3O4/c25-23-22(28(30)31)13-16(14-27-23)7-5-6-12-26-24(29)32-15-21-19-10-3-1-8-17(19)18-9-2-4-11-20(18)21/h1-4,8-11,13-14,21H,6,12,15H2,(H,26,29). The van der Waals surface area contributed by atoms with E-state index in [1.165, 1.54) is 23.4 Å². The number of hydrogen-bond donors (Lipinski definition) is 1. The molecule has 32 heavy (non-hydrogen) atoms. The van der Waals surface area contributed by atoms with Crippen LogP contribution in [0.25, 0.3) is 11.1 Å². The van der Waals surface area contributed by atoms with Crippen molar-refractivity contribution in [3.05, 3.63) is 92.8 Å². The van der Waals surface area contributed by atoms with Crippen LogP contribution >= 0.6 is 11.6 Å². The number of nitrogens with one attached hydrogen (secondary N) is 1. The summed E-state index contributed by atoms with van der Waals surface area (Å²) in [6.07, 6.45) is 1.19. The molecule has 0 spiro atoms. The van der Waals surface area contributed by atoms with Crippen LogP contribution in [0, 0.1) is 22.0 Å². The molecule has 8 heteroatoms. The van der Waals surface area contributed by atoms with E-state index in [0.717, 1.165) is 11.1 Å². The molecule has 0 atom stereocenters. The van der Waals surface area contributed by atoms with Crippen LogP contribution in [0.4, 0.5) is 10.5 Å². The molecule has 7 nitrogen and oxygen atoms in total. The van der Waals surface area contributed by atoms with Crippen molar-refractivity contribution >= 4 is 23.4 Å². The number of nitro groups is 1. The lowest BCUT2D eigenvalue weighted by atomic mass is 9.98. The highest BCUT2D eigenvalue weighted by molar-refractivity contribution is 6.31. The van der Waals surface area contributed by atoms with Gasteiger partial charge in [-0.25, -0.2) is 9.78 Å². The van der Waals surface area contributed by atoms with Gasteiger partial charge < -0.3 is 10.1 Å². The normalized spacial score (nSPS) is 11.7. The van der Waals surface area contributed by atoms with Gasteiger partial charge in [-0.2, -0.15) is 0 Å². The Morgan fingerprint density at radius 3 is 2.47 bits per heavy atom. The third kappa shape index (κ3) is 4.56. The number of hydrogen-bond acceptors (Lipinski definition) is 5. The highest BCUT2D eigenvalue weighted by atomic mass is 35.5. The van der Waals surface area contributed by atoms with Crippen LogP contribution in [-0.2, 0) is 4.74 Å². The van der Waals surface area contributed by atoms with Gasteiger partial charge in [-0.3, -0.25) is 10.1 Å². The Labute approximate surface area is 189 Å². The van der Waals surface area contributed by atoms with Gasteiger partial charge >= 0.3 is 11.8 Å². The monoisotopic (exact) mass is 447 g/mol. The van der Waals surface area contributed by atoms with E-state index in [1.807, 2.05) is 24.3 Å². The van der Waals surface area contributed by atoms with Gasteiger partial charge in [0.05, 0.1) is 4.92 Å². The van der Waals surface area contributed by atoms with Crippen molar-refractivity contribution in [1.29, 1.82) is 0 Å². The SMILES string of the molecule is O=C(NCCC#Cc1cnc(Cl)c([N+](=O)[O-])c1)OCC1c2ccccc2-c2ccccc21. The number of amides is 1. The van der Waals surface area contributed by atoms with Gasteiger partial charge in [0.1, 0.15) is 6.61 Å². The molecule has 0 unspecified atom stereocenters. The number of carbonyl (C=O) groups excluding carboxylic acids is 1. The minimum Gasteiger partial charge on any atom is -0.449 e. The van der Waals surface area contributed by atoms with E-state index in [1.54, 1.807) is 0 Å². The predicted molar refractivity (Wildman–Crippen MR) is 120 cm³/mol. The summed E-state index contributed by atoms with van der Waals surface area (Å²) in [5, 5.41) is 13.4. The van der Waals surface area contributed by atoms with Gasteiger partial charge in [0, 0.05) is 36.7 Å². The summed E-state index contributed by atoms with van der Waals surface area (Å²) >= 11 is 5.68. The average Bonchev–Trinajstić information content (AvgIpc) is 3.12. The molecule has 1 N–H and O–H groups in total. The molecule has 0 radical (unpaired) electrons. The molecule has 0 saturated carbocycles. The highest BCUT2D eigenvalue weighted by Gasteiger charge is 2.28. The minimum absolute atomic E-state index is 0.00105. The molecule has 0 saturated heterocycles. The third-order valence-electron chi connectivity index (χ3n) is 5.11. The molecular formula is C24H18ClN3O4. The summed E-state index contributed by atoms with van der Waals surface area (Å²) in [7, 11) is 0. The van der Waals surface area contributed by atoms with Gasteiger partial charge in [0.25, 0.3) is 0 Å². The number of benzene rings is 2. The fraction of sp³-hybridized carbons (Fsp3) is 0.167. The Morgan fingerprint density at radius 1 is 1.16 bits per heavy atom. The van der Waals surface area contributed by atoms with Crippen LogP contribution in [0.2, 0.25) is 5.15 Å². The van der Waals surface area contributed by atoms with Gasteiger partial charge in [0.15, 0.2) is 0 Å². The second-order valence-electron chi connectivity index (χ2n) is 7.10. The third-order valence-corrected chi connectivity index (χ3v) is 5.40. The fourth-order valence-electron chi connectivity index (χ4n) is 3.67. The molecule has 1 aliphatic carbocycles. The maximum absolute atomic E-state index is 12.1. The number of nitrogens with zero attached hydrogens (tertiary/aromatic N) is 2. The summed E-state index contributed by atoms with van der Waals surface area (Å²) in [5.41, 5.74) is 4.72. The Morgan fingerprint density at radius 2 is 1.81 bits per heavy atom. The van der Waals surface area contributed by atoms with E-state index in [9.17, 15) is 14.9 Å². The summed E-state index contributed by atoms with van der Waals surface area (Å²) in [6.45, 7) is 0.526. The molecule has 160 valence electrons. The average molecular weight is 448 g/mol. The summed E-state index contributed by atoms with van der Waals surface area (Å²) in [4.78, 5) is 26.2. The van der Waals surface area contributed by atoms with E-state index in [0.29, 0.717) is 12.0 Å². The van der Waals surface area contributed by atoms with Crippen molar-refractivity contribution in [2.75, 3.05) is 13.2 Å². The predicted octanol–water partition coefficient (Wildman–Crippen LogP) is 4.92. The first-order valence-electron chi connectivity index (χ1n) is 9.92. The zero-order chi connectivity index (χ0) is 22.5. The molecule has 0 bridgehead atoms. The van der Waals surface area contributed by atoms with Crippen LogP contribution in [0.5, 0.6) is 0 Å². The number of halogens is 1. The van der Waals surface area contributed by atoms with Crippen molar-refractivity contribution in [3.63, 3.8) is 0 Å². The first-order valence-corrected chi connectivity index (χ1v) is 10.3. The molecule has 0 aliphatic heterocycles. The molecule has 1 aromatic heterocycles. The van der Waals surface area contributed by atoms with E-state index < -0.39 is 11.0 Å². The van der Waals surface area contributed by atoms with Crippen molar-refractivity contribution in [1.82, 2.24) is 10.3 Å². The van der Waals surface area contributed by atoms with Crippen LogP contribution in [0.1, 0.15) is 29.0 Å². The molecule has 1 aliphatic rings. The van der Waals surface area contributed by atoms with Crippen molar-refractivity contribution in [3.8, 4) is 23.0 Å². The first kappa shape index (κ1) is 21.3. The Bertz CT molecular complexity index is 1200. The largest absolute Gasteiger partial charge is 0.449 e. The first-order chi connectivity index (χ1) is 15.5. The highest BCUT2D eigenvalue weighted by Crippen LogP contribution is 2.44. The lowest BCUT2D eigenvalue weighted by Crippen LogP contribution is -2.26. The maximum Gasteiger partial charge on any atom is 0.407 e. The van der Waals surface area contributed by atoms with E-state index >= 15 is 0 Å². The number of fused-ring (bicyclic) bond motifs is 3.